The summed E-state index contributed by atoms with van der Waals surface area (Å²) in [7, 11) is 0. The molecule has 3 aromatic rings. The molecule has 0 spiro atoms. The molecule has 0 fully saturated rings. The Labute approximate surface area is 117 Å². The lowest BCUT2D eigenvalue weighted by Gasteiger charge is -2.04. The maximum atomic E-state index is 11.2. The fourth-order valence-electron chi connectivity index (χ4n) is 1.92. The van der Waals surface area contributed by atoms with Gasteiger partial charge in [-0.2, -0.15) is 0 Å². The number of carboxylic acid groups (broad SMARTS) is 1. The maximum absolute atomic E-state index is 11.2. The Morgan fingerprint density at radius 3 is 2.80 bits per heavy atom. The molecule has 0 unspecified atom stereocenters. The van der Waals surface area contributed by atoms with Crippen molar-refractivity contribution >= 4 is 34.0 Å². The second kappa shape index (κ2) is 4.86. The monoisotopic (exact) mass is 289 g/mol. The number of nitrogens with one attached hydrogen (secondary N) is 3. The molecule has 7 heteroatoms. The van der Waals surface area contributed by atoms with Crippen molar-refractivity contribution < 1.29 is 9.90 Å². The summed E-state index contributed by atoms with van der Waals surface area (Å²) in [5, 5.41) is 13.7. The van der Waals surface area contributed by atoms with Gasteiger partial charge in [0.25, 0.3) is 0 Å². The smallest absolute Gasteiger partial charge is 0.336 e. The standard InChI is InChI=1S/C13H11N3O3S/c17-12(18)7-3-9(20-6-7)5-14-8-1-2-10-11(4-8)16-13(19)15-10/h1-4,6,14H,5H2,(H,17,18)(H2,15,16,19). The summed E-state index contributed by atoms with van der Waals surface area (Å²) in [4.78, 5) is 28.2. The molecule has 0 aliphatic rings. The number of thiophene rings is 1. The largest absolute Gasteiger partial charge is 0.478 e. The molecule has 0 radical (unpaired) electrons. The van der Waals surface area contributed by atoms with E-state index < -0.39 is 5.97 Å². The number of hydrogen-bond donors (Lipinski definition) is 4. The zero-order chi connectivity index (χ0) is 14.1. The molecule has 4 N–H and O–H groups in total. The predicted molar refractivity (Wildman–Crippen MR) is 77.5 cm³/mol. The van der Waals surface area contributed by atoms with E-state index in [4.69, 9.17) is 5.11 Å². The highest BCUT2D eigenvalue weighted by molar-refractivity contribution is 7.10. The van der Waals surface area contributed by atoms with Crippen LogP contribution in [0.4, 0.5) is 5.69 Å². The molecule has 0 amide bonds. The average Bonchev–Trinajstić information content (AvgIpc) is 3.00. The minimum atomic E-state index is -0.918. The van der Waals surface area contributed by atoms with Crippen LogP contribution in [0.3, 0.4) is 0 Å². The molecular formula is C13H11N3O3S. The van der Waals surface area contributed by atoms with Crippen molar-refractivity contribution in [2.45, 2.75) is 6.54 Å². The molecular weight excluding hydrogens is 278 g/mol. The Balaban J connectivity index is 1.75. The summed E-state index contributed by atoms with van der Waals surface area (Å²) >= 11 is 1.40. The van der Waals surface area contributed by atoms with Crippen LogP contribution in [0.1, 0.15) is 15.2 Å². The van der Waals surface area contributed by atoms with Crippen molar-refractivity contribution in [1.82, 2.24) is 9.97 Å². The number of benzene rings is 1. The van der Waals surface area contributed by atoms with Crippen molar-refractivity contribution in [1.29, 1.82) is 0 Å². The molecule has 2 heterocycles. The Morgan fingerprint density at radius 1 is 1.25 bits per heavy atom. The summed E-state index contributed by atoms with van der Waals surface area (Å²) in [5.41, 5.74) is 2.42. The number of anilines is 1. The van der Waals surface area contributed by atoms with Crippen LogP contribution >= 0.6 is 11.3 Å². The number of carbonyl (C=O) groups is 1. The first-order chi connectivity index (χ1) is 9.61. The average molecular weight is 289 g/mol. The highest BCUT2D eigenvalue weighted by Gasteiger charge is 2.06. The molecule has 1 aromatic carbocycles. The highest BCUT2D eigenvalue weighted by atomic mass is 32.1. The van der Waals surface area contributed by atoms with Gasteiger partial charge in [-0.05, 0) is 24.3 Å². The summed E-state index contributed by atoms with van der Waals surface area (Å²) < 4.78 is 0. The Morgan fingerprint density at radius 2 is 2.05 bits per heavy atom. The van der Waals surface area contributed by atoms with Gasteiger partial charge in [0.05, 0.1) is 16.6 Å². The van der Waals surface area contributed by atoms with E-state index in [0.717, 1.165) is 21.6 Å². The number of carboxylic acids is 1. The van der Waals surface area contributed by atoms with Gasteiger partial charge < -0.3 is 20.4 Å². The first-order valence-corrected chi connectivity index (χ1v) is 6.76. The summed E-state index contributed by atoms with van der Waals surface area (Å²) in [5.74, 6) is -0.918. The van der Waals surface area contributed by atoms with E-state index in [9.17, 15) is 9.59 Å². The lowest BCUT2D eigenvalue weighted by Crippen LogP contribution is -1.99. The molecule has 0 atom stereocenters. The van der Waals surface area contributed by atoms with Crippen molar-refractivity contribution in [3.05, 3.63) is 50.6 Å². The SMILES string of the molecule is O=C(O)c1csc(CNc2ccc3[nH]c(=O)[nH]c3c2)c1. The number of aromatic carboxylic acids is 1. The van der Waals surface area contributed by atoms with Gasteiger partial charge in [0.15, 0.2) is 0 Å². The van der Waals surface area contributed by atoms with E-state index in [1.54, 1.807) is 11.4 Å². The van der Waals surface area contributed by atoms with E-state index in [1.807, 2.05) is 18.2 Å². The minimum Gasteiger partial charge on any atom is -0.478 e. The van der Waals surface area contributed by atoms with E-state index in [1.165, 1.54) is 11.3 Å². The highest BCUT2D eigenvalue weighted by Crippen LogP contribution is 2.18. The van der Waals surface area contributed by atoms with Crippen LogP contribution in [0.5, 0.6) is 0 Å². The molecule has 0 saturated carbocycles. The second-order valence-electron chi connectivity index (χ2n) is 4.30. The Bertz CT molecular complexity index is 831. The van der Waals surface area contributed by atoms with Gasteiger partial charge >= 0.3 is 11.7 Å². The zero-order valence-corrected chi connectivity index (χ0v) is 11.1. The maximum Gasteiger partial charge on any atom is 0.336 e. The second-order valence-corrected chi connectivity index (χ2v) is 5.30. The lowest BCUT2D eigenvalue weighted by atomic mass is 10.2. The Hall–Kier alpha value is -2.54. The first-order valence-electron chi connectivity index (χ1n) is 5.88. The first kappa shape index (κ1) is 12.5. The Kier molecular flexibility index (Phi) is 3.03. The van der Waals surface area contributed by atoms with Crippen LogP contribution in [-0.4, -0.2) is 21.0 Å². The van der Waals surface area contributed by atoms with Gasteiger partial charge in [-0.25, -0.2) is 9.59 Å². The molecule has 6 nitrogen and oxygen atoms in total. The zero-order valence-electron chi connectivity index (χ0n) is 10.3. The van der Waals surface area contributed by atoms with Crippen molar-refractivity contribution in [2.75, 3.05) is 5.32 Å². The van der Waals surface area contributed by atoms with Gasteiger partial charge in [0.1, 0.15) is 0 Å². The van der Waals surface area contributed by atoms with E-state index in [0.29, 0.717) is 12.1 Å². The van der Waals surface area contributed by atoms with Crippen LogP contribution in [0.15, 0.2) is 34.4 Å². The molecule has 0 aliphatic carbocycles. The summed E-state index contributed by atoms with van der Waals surface area (Å²) in [6, 6.07) is 7.15. The normalized spacial score (nSPS) is 10.8. The predicted octanol–water partition coefficient (Wildman–Crippen LogP) is 2.23. The van der Waals surface area contributed by atoms with Crippen molar-refractivity contribution in [3.63, 3.8) is 0 Å². The minimum absolute atomic E-state index is 0.235. The fraction of sp³-hybridized carbons (Fsp3) is 0.0769. The van der Waals surface area contributed by atoms with Gasteiger partial charge in [0.2, 0.25) is 0 Å². The molecule has 0 aliphatic heterocycles. The molecule has 3 rings (SSSR count). The van der Waals surface area contributed by atoms with Crippen molar-refractivity contribution in [3.8, 4) is 0 Å². The van der Waals surface area contributed by atoms with E-state index in [-0.39, 0.29) is 5.69 Å². The molecule has 102 valence electrons. The number of rotatable bonds is 4. The summed E-state index contributed by atoms with van der Waals surface area (Å²) in [6.07, 6.45) is 0. The van der Waals surface area contributed by atoms with Gasteiger partial charge in [-0.3, -0.25) is 0 Å². The number of hydrogen-bond acceptors (Lipinski definition) is 4. The third-order valence-electron chi connectivity index (χ3n) is 2.88. The number of fused-ring (bicyclic) bond motifs is 1. The molecule has 20 heavy (non-hydrogen) atoms. The lowest BCUT2D eigenvalue weighted by molar-refractivity contribution is 0.0697. The van der Waals surface area contributed by atoms with E-state index >= 15 is 0 Å². The molecule has 0 saturated heterocycles. The van der Waals surface area contributed by atoms with Crippen LogP contribution in [-0.2, 0) is 6.54 Å². The number of imidazole rings is 1. The van der Waals surface area contributed by atoms with Crippen LogP contribution < -0.4 is 11.0 Å². The molecule has 2 aromatic heterocycles. The third kappa shape index (κ3) is 2.43. The number of aromatic nitrogens is 2. The van der Waals surface area contributed by atoms with Crippen LogP contribution in [0, 0.1) is 0 Å². The molecule has 0 bridgehead atoms. The van der Waals surface area contributed by atoms with Gasteiger partial charge in [-0.15, -0.1) is 11.3 Å². The number of aromatic amines is 2. The topological polar surface area (TPSA) is 98.0 Å². The van der Waals surface area contributed by atoms with Crippen molar-refractivity contribution in [2.24, 2.45) is 0 Å². The third-order valence-corrected chi connectivity index (χ3v) is 3.82. The quantitative estimate of drug-likeness (QED) is 0.592. The van der Waals surface area contributed by atoms with Crippen LogP contribution in [0.25, 0.3) is 11.0 Å². The van der Waals surface area contributed by atoms with E-state index in [2.05, 4.69) is 15.3 Å². The van der Waals surface area contributed by atoms with Gasteiger partial charge in [0, 0.05) is 22.5 Å². The fourth-order valence-corrected chi connectivity index (χ4v) is 2.71. The number of H-pyrrole nitrogens is 2. The summed E-state index contributed by atoms with van der Waals surface area (Å²) in [6.45, 7) is 0.540. The van der Waals surface area contributed by atoms with Crippen LogP contribution in [0.2, 0.25) is 0 Å². The van der Waals surface area contributed by atoms with Gasteiger partial charge in [-0.1, -0.05) is 0 Å².